The van der Waals surface area contributed by atoms with Crippen LogP contribution in [0, 0.1) is 0 Å². The number of primary amides is 1. The van der Waals surface area contributed by atoms with Gasteiger partial charge in [-0.2, -0.15) is 0 Å². The average Bonchev–Trinajstić information content (AvgIpc) is 2.67. The van der Waals surface area contributed by atoms with E-state index in [2.05, 4.69) is 0 Å². The van der Waals surface area contributed by atoms with Crippen molar-refractivity contribution in [3.63, 3.8) is 0 Å². The van der Waals surface area contributed by atoms with E-state index in [9.17, 15) is 9.59 Å². The Morgan fingerprint density at radius 3 is 2.27 bits per heavy atom. The van der Waals surface area contributed by atoms with E-state index in [0.29, 0.717) is 24.5 Å². The van der Waals surface area contributed by atoms with Crippen molar-refractivity contribution in [2.24, 2.45) is 5.73 Å². The van der Waals surface area contributed by atoms with Gasteiger partial charge >= 0.3 is 0 Å². The highest BCUT2D eigenvalue weighted by Crippen LogP contribution is 2.25. The first-order valence-corrected chi connectivity index (χ1v) is 8.46. The number of ether oxygens (including phenoxy) is 2. The zero-order chi connectivity index (χ0) is 18.8. The zero-order valence-electron chi connectivity index (χ0n) is 14.9. The minimum absolute atomic E-state index is 0.120. The number of amides is 2. The minimum atomic E-state index is -0.437. The Morgan fingerprint density at radius 2 is 1.62 bits per heavy atom. The lowest BCUT2D eigenvalue weighted by atomic mass is 10.1. The van der Waals surface area contributed by atoms with Crippen molar-refractivity contribution in [2.45, 2.75) is 12.8 Å². The standard InChI is InChI=1S/C20H24N2O4/c1-25-17-9-5-6-10-18(17)26-15-20(24)22(14-12-19(21)23)13-11-16-7-3-2-4-8-16/h2-10H,11-15H2,1H3,(H2,21,23). The van der Waals surface area contributed by atoms with Gasteiger partial charge in [0, 0.05) is 19.5 Å². The van der Waals surface area contributed by atoms with Gasteiger partial charge in [-0.15, -0.1) is 0 Å². The number of hydrogen-bond acceptors (Lipinski definition) is 4. The van der Waals surface area contributed by atoms with Crippen LogP contribution in [0.15, 0.2) is 54.6 Å². The number of nitrogens with two attached hydrogens (primary N) is 1. The first kappa shape index (κ1) is 19.3. The molecule has 138 valence electrons. The Kier molecular flexibility index (Phi) is 7.49. The van der Waals surface area contributed by atoms with Gasteiger partial charge in [0.2, 0.25) is 5.91 Å². The van der Waals surface area contributed by atoms with Crippen LogP contribution in [0.25, 0.3) is 0 Å². The first-order chi connectivity index (χ1) is 12.6. The second kappa shape index (κ2) is 10.1. The molecule has 0 aliphatic heterocycles. The van der Waals surface area contributed by atoms with Gasteiger partial charge in [0.05, 0.1) is 7.11 Å². The second-order valence-corrected chi connectivity index (χ2v) is 5.77. The number of para-hydroxylation sites is 2. The third kappa shape index (κ3) is 6.12. The SMILES string of the molecule is COc1ccccc1OCC(=O)N(CCC(N)=O)CCc1ccccc1. The molecule has 0 saturated heterocycles. The van der Waals surface area contributed by atoms with E-state index in [4.69, 9.17) is 15.2 Å². The molecule has 0 aromatic heterocycles. The molecule has 0 fully saturated rings. The van der Waals surface area contributed by atoms with Crippen LogP contribution < -0.4 is 15.2 Å². The maximum atomic E-state index is 12.6. The molecule has 6 nitrogen and oxygen atoms in total. The summed E-state index contributed by atoms with van der Waals surface area (Å²) in [6.45, 7) is 0.635. The molecule has 0 aliphatic rings. The van der Waals surface area contributed by atoms with Gasteiger partial charge in [-0.3, -0.25) is 9.59 Å². The van der Waals surface area contributed by atoms with E-state index in [-0.39, 0.29) is 25.5 Å². The molecule has 0 bridgehead atoms. The minimum Gasteiger partial charge on any atom is -0.493 e. The molecule has 0 atom stereocenters. The van der Waals surface area contributed by atoms with Gasteiger partial charge in [0.1, 0.15) is 0 Å². The van der Waals surface area contributed by atoms with Gasteiger partial charge in [-0.25, -0.2) is 0 Å². The third-order valence-corrected chi connectivity index (χ3v) is 3.91. The number of rotatable bonds is 10. The summed E-state index contributed by atoms with van der Waals surface area (Å²) in [5.74, 6) is 0.427. The summed E-state index contributed by atoms with van der Waals surface area (Å²) < 4.78 is 10.8. The van der Waals surface area contributed by atoms with Crippen molar-refractivity contribution in [1.82, 2.24) is 4.90 Å². The number of carbonyl (C=O) groups excluding carboxylic acids is 2. The third-order valence-electron chi connectivity index (χ3n) is 3.91. The molecular formula is C20H24N2O4. The summed E-state index contributed by atoms with van der Waals surface area (Å²) in [7, 11) is 1.54. The van der Waals surface area contributed by atoms with E-state index in [0.717, 1.165) is 5.56 Å². The Hall–Kier alpha value is -3.02. The van der Waals surface area contributed by atoms with Gasteiger partial charge in [-0.05, 0) is 24.1 Å². The van der Waals surface area contributed by atoms with Gasteiger partial charge < -0.3 is 20.1 Å². The van der Waals surface area contributed by atoms with Crippen molar-refractivity contribution in [3.05, 3.63) is 60.2 Å². The summed E-state index contributed by atoms with van der Waals surface area (Å²) in [6, 6.07) is 17.0. The average molecular weight is 356 g/mol. The number of carbonyl (C=O) groups is 2. The van der Waals surface area contributed by atoms with Crippen molar-refractivity contribution < 1.29 is 19.1 Å². The monoisotopic (exact) mass is 356 g/mol. The largest absolute Gasteiger partial charge is 0.493 e. The lowest BCUT2D eigenvalue weighted by Gasteiger charge is -2.22. The van der Waals surface area contributed by atoms with E-state index >= 15 is 0 Å². The molecule has 2 aromatic carbocycles. The molecular weight excluding hydrogens is 332 g/mol. The number of methoxy groups -OCH3 is 1. The van der Waals surface area contributed by atoms with Crippen LogP contribution in [-0.2, 0) is 16.0 Å². The van der Waals surface area contributed by atoms with Crippen LogP contribution in [0.1, 0.15) is 12.0 Å². The van der Waals surface area contributed by atoms with Crippen molar-refractivity contribution in [3.8, 4) is 11.5 Å². The Bertz CT molecular complexity index is 719. The lowest BCUT2D eigenvalue weighted by molar-refractivity contribution is -0.133. The summed E-state index contributed by atoms with van der Waals surface area (Å²) in [5.41, 5.74) is 6.35. The first-order valence-electron chi connectivity index (χ1n) is 8.46. The number of nitrogens with zero attached hydrogens (tertiary/aromatic N) is 1. The highest BCUT2D eigenvalue weighted by Gasteiger charge is 2.16. The summed E-state index contributed by atoms with van der Waals surface area (Å²) in [6.07, 6.45) is 0.815. The smallest absolute Gasteiger partial charge is 0.260 e. The van der Waals surface area contributed by atoms with E-state index in [1.165, 1.54) is 0 Å². The molecule has 0 saturated carbocycles. The fourth-order valence-corrected chi connectivity index (χ4v) is 2.48. The summed E-state index contributed by atoms with van der Waals surface area (Å²) in [4.78, 5) is 25.3. The van der Waals surface area contributed by atoms with E-state index < -0.39 is 5.91 Å². The van der Waals surface area contributed by atoms with E-state index in [1.807, 2.05) is 42.5 Å². The van der Waals surface area contributed by atoms with Gasteiger partial charge in [-0.1, -0.05) is 42.5 Å². The van der Waals surface area contributed by atoms with Crippen LogP contribution in [0.4, 0.5) is 0 Å². The van der Waals surface area contributed by atoms with Crippen LogP contribution >= 0.6 is 0 Å². The van der Waals surface area contributed by atoms with Crippen LogP contribution in [-0.4, -0.2) is 43.5 Å². The van der Waals surface area contributed by atoms with Crippen molar-refractivity contribution >= 4 is 11.8 Å². The number of benzene rings is 2. The highest BCUT2D eigenvalue weighted by atomic mass is 16.5. The highest BCUT2D eigenvalue weighted by molar-refractivity contribution is 5.79. The van der Waals surface area contributed by atoms with Crippen LogP contribution in [0.5, 0.6) is 11.5 Å². The molecule has 2 N–H and O–H groups in total. The molecule has 2 aromatic rings. The van der Waals surface area contributed by atoms with E-state index in [1.54, 1.807) is 24.1 Å². The molecule has 26 heavy (non-hydrogen) atoms. The molecule has 2 rings (SSSR count). The van der Waals surface area contributed by atoms with Crippen molar-refractivity contribution in [2.75, 3.05) is 26.8 Å². The predicted octanol–water partition coefficient (Wildman–Crippen LogP) is 2.02. The molecule has 0 radical (unpaired) electrons. The molecule has 6 heteroatoms. The Balaban J connectivity index is 1.96. The molecule has 0 spiro atoms. The van der Waals surface area contributed by atoms with Gasteiger partial charge in [0.25, 0.3) is 5.91 Å². The molecule has 0 unspecified atom stereocenters. The van der Waals surface area contributed by atoms with Crippen LogP contribution in [0.3, 0.4) is 0 Å². The fourth-order valence-electron chi connectivity index (χ4n) is 2.48. The topological polar surface area (TPSA) is 81.9 Å². The maximum Gasteiger partial charge on any atom is 0.260 e. The second-order valence-electron chi connectivity index (χ2n) is 5.77. The Labute approximate surface area is 153 Å². The summed E-state index contributed by atoms with van der Waals surface area (Å²) >= 11 is 0. The molecule has 0 aliphatic carbocycles. The quantitative estimate of drug-likeness (QED) is 0.706. The summed E-state index contributed by atoms with van der Waals surface area (Å²) in [5, 5.41) is 0. The Morgan fingerprint density at radius 1 is 0.962 bits per heavy atom. The number of hydrogen-bond donors (Lipinski definition) is 1. The van der Waals surface area contributed by atoms with Crippen molar-refractivity contribution in [1.29, 1.82) is 0 Å². The molecule has 0 heterocycles. The van der Waals surface area contributed by atoms with Crippen LogP contribution in [0.2, 0.25) is 0 Å². The predicted molar refractivity (Wildman–Crippen MR) is 99.0 cm³/mol. The fraction of sp³-hybridized carbons (Fsp3) is 0.300. The normalized spacial score (nSPS) is 10.2. The lowest BCUT2D eigenvalue weighted by Crippen LogP contribution is -2.38. The van der Waals surface area contributed by atoms with Gasteiger partial charge in [0.15, 0.2) is 18.1 Å². The maximum absolute atomic E-state index is 12.6. The zero-order valence-corrected chi connectivity index (χ0v) is 14.9. The molecule has 2 amide bonds.